The number of hydrogen-bond acceptors (Lipinski definition) is 4. The summed E-state index contributed by atoms with van der Waals surface area (Å²) < 4.78 is 0. The molecule has 6 nitrogen and oxygen atoms in total. The lowest BCUT2D eigenvalue weighted by atomic mass is 9.78. The first-order chi connectivity index (χ1) is 12.2. The number of likely N-dealkylation sites (tertiary alicyclic amines) is 1. The average molecular weight is 339 g/mol. The molecule has 0 atom stereocenters. The summed E-state index contributed by atoms with van der Waals surface area (Å²) in [6.07, 6.45) is 8.85. The Kier molecular flexibility index (Phi) is 4.29. The van der Waals surface area contributed by atoms with Crippen molar-refractivity contribution in [2.24, 2.45) is 0 Å². The van der Waals surface area contributed by atoms with Gasteiger partial charge in [-0.3, -0.25) is 14.7 Å². The molecule has 0 aliphatic carbocycles. The monoisotopic (exact) mass is 339 g/mol. The summed E-state index contributed by atoms with van der Waals surface area (Å²) >= 11 is 0. The molecule has 0 bridgehead atoms. The second kappa shape index (κ2) is 6.59. The fourth-order valence-electron chi connectivity index (χ4n) is 4.37. The maximum atomic E-state index is 12.6. The summed E-state index contributed by atoms with van der Waals surface area (Å²) in [7, 11) is 0. The topological polar surface area (TPSA) is 65.1 Å². The molecule has 0 aromatic carbocycles. The number of amides is 1. The van der Waals surface area contributed by atoms with Crippen molar-refractivity contribution in [2.45, 2.75) is 44.7 Å². The highest BCUT2D eigenvalue weighted by Crippen LogP contribution is 2.42. The molecule has 2 aliphatic heterocycles. The molecule has 2 aromatic heterocycles. The molecule has 2 aromatic rings. The maximum absolute atomic E-state index is 12.6. The number of nitrogens with zero attached hydrogens (tertiary/aromatic N) is 4. The number of imidazole rings is 1. The van der Waals surface area contributed by atoms with Crippen LogP contribution >= 0.6 is 0 Å². The van der Waals surface area contributed by atoms with Crippen LogP contribution in [0.1, 0.15) is 43.1 Å². The summed E-state index contributed by atoms with van der Waals surface area (Å²) in [5.74, 6) is 0.245. The van der Waals surface area contributed by atoms with Crippen LogP contribution in [0.4, 0.5) is 0 Å². The Bertz CT molecular complexity index is 733. The average Bonchev–Trinajstić information content (AvgIpc) is 3.14. The lowest BCUT2D eigenvalue weighted by molar-refractivity contribution is -0.141. The van der Waals surface area contributed by atoms with E-state index in [-0.39, 0.29) is 11.4 Å². The number of aromatic amines is 1. The number of carbonyl (C=O) groups is 1. The van der Waals surface area contributed by atoms with E-state index in [4.69, 9.17) is 0 Å². The fourth-order valence-corrected chi connectivity index (χ4v) is 4.37. The standard InChI is InChI=1S/C19H25N5O/c1-2-17(25)24-9-5-16-18(22-14-21-16)19(24)6-10-23(11-7-19)13-15-4-3-8-20-12-15/h3-4,8,12,14H,2,5-7,9-11,13H2,1H3,(H,21,22). The molecule has 1 spiro atoms. The van der Waals surface area contributed by atoms with Crippen molar-refractivity contribution < 1.29 is 4.79 Å². The third-order valence-corrected chi connectivity index (χ3v) is 5.68. The van der Waals surface area contributed by atoms with Crippen LogP contribution in [0, 0.1) is 0 Å². The fraction of sp³-hybridized carbons (Fsp3) is 0.526. The van der Waals surface area contributed by atoms with Gasteiger partial charge in [-0.05, 0) is 24.5 Å². The number of H-pyrrole nitrogens is 1. The highest BCUT2D eigenvalue weighted by molar-refractivity contribution is 5.77. The van der Waals surface area contributed by atoms with E-state index in [9.17, 15) is 4.79 Å². The predicted octanol–water partition coefficient (Wildman–Crippen LogP) is 2.09. The second-order valence-corrected chi connectivity index (χ2v) is 7.05. The van der Waals surface area contributed by atoms with Crippen molar-refractivity contribution in [1.82, 2.24) is 24.8 Å². The molecule has 0 saturated carbocycles. The van der Waals surface area contributed by atoms with Crippen LogP contribution in [-0.2, 0) is 23.3 Å². The Morgan fingerprint density at radius 2 is 2.16 bits per heavy atom. The third-order valence-electron chi connectivity index (χ3n) is 5.68. The molecule has 6 heteroatoms. The molecular weight excluding hydrogens is 314 g/mol. The first-order valence-corrected chi connectivity index (χ1v) is 9.17. The van der Waals surface area contributed by atoms with E-state index >= 15 is 0 Å². The molecule has 132 valence electrons. The molecule has 25 heavy (non-hydrogen) atoms. The van der Waals surface area contributed by atoms with Gasteiger partial charge in [0, 0.05) is 57.1 Å². The predicted molar refractivity (Wildman–Crippen MR) is 94.7 cm³/mol. The Balaban J connectivity index is 1.55. The zero-order chi connectivity index (χ0) is 17.3. The molecule has 4 rings (SSSR count). The number of fused-ring (bicyclic) bond motifs is 2. The van der Waals surface area contributed by atoms with Crippen LogP contribution in [0.3, 0.4) is 0 Å². The van der Waals surface area contributed by atoms with Gasteiger partial charge in [0.25, 0.3) is 0 Å². The van der Waals surface area contributed by atoms with Crippen molar-refractivity contribution in [2.75, 3.05) is 19.6 Å². The van der Waals surface area contributed by atoms with Crippen LogP contribution in [0.25, 0.3) is 0 Å². The molecular formula is C19H25N5O. The summed E-state index contributed by atoms with van der Waals surface area (Å²) in [6, 6.07) is 4.11. The van der Waals surface area contributed by atoms with Gasteiger partial charge < -0.3 is 9.88 Å². The minimum atomic E-state index is -0.230. The second-order valence-electron chi connectivity index (χ2n) is 7.05. The number of rotatable bonds is 3. The maximum Gasteiger partial charge on any atom is 0.223 e. The number of piperidine rings is 1. The van der Waals surface area contributed by atoms with Gasteiger partial charge in [0.05, 0.1) is 17.6 Å². The highest BCUT2D eigenvalue weighted by atomic mass is 16.2. The Labute approximate surface area is 148 Å². The quantitative estimate of drug-likeness (QED) is 0.930. The number of pyridine rings is 1. The lowest BCUT2D eigenvalue weighted by Crippen LogP contribution is -2.58. The van der Waals surface area contributed by atoms with Crippen molar-refractivity contribution in [3.8, 4) is 0 Å². The number of hydrogen-bond donors (Lipinski definition) is 1. The lowest BCUT2D eigenvalue weighted by Gasteiger charge is -2.50. The zero-order valence-electron chi connectivity index (χ0n) is 14.7. The zero-order valence-corrected chi connectivity index (χ0v) is 14.7. The molecule has 0 unspecified atom stereocenters. The van der Waals surface area contributed by atoms with Gasteiger partial charge in [-0.25, -0.2) is 4.98 Å². The minimum absolute atomic E-state index is 0.230. The third kappa shape index (κ3) is 2.84. The van der Waals surface area contributed by atoms with Gasteiger partial charge in [-0.15, -0.1) is 0 Å². The Morgan fingerprint density at radius 3 is 2.88 bits per heavy atom. The van der Waals surface area contributed by atoms with Gasteiger partial charge >= 0.3 is 0 Å². The molecule has 0 radical (unpaired) electrons. The van der Waals surface area contributed by atoms with E-state index in [0.29, 0.717) is 6.42 Å². The molecule has 1 N–H and O–H groups in total. The van der Waals surface area contributed by atoms with E-state index in [2.05, 4.69) is 30.8 Å². The van der Waals surface area contributed by atoms with Crippen LogP contribution in [0.2, 0.25) is 0 Å². The van der Waals surface area contributed by atoms with Crippen LogP contribution < -0.4 is 0 Å². The van der Waals surface area contributed by atoms with E-state index in [0.717, 1.165) is 51.1 Å². The first-order valence-electron chi connectivity index (χ1n) is 9.17. The Morgan fingerprint density at radius 1 is 1.32 bits per heavy atom. The molecule has 1 saturated heterocycles. The van der Waals surface area contributed by atoms with E-state index < -0.39 is 0 Å². The minimum Gasteiger partial charge on any atom is -0.348 e. The van der Waals surface area contributed by atoms with E-state index in [1.165, 1.54) is 11.3 Å². The van der Waals surface area contributed by atoms with Crippen molar-refractivity contribution >= 4 is 5.91 Å². The largest absolute Gasteiger partial charge is 0.348 e. The summed E-state index contributed by atoms with van der Waals surface area (Å²) in [4.78, 5) is 29.3. The van der Waals surface area contributed by atoms with Gasteiger partial charge in [-0.2, -0.15) is 0 Å². The molecule has 1 amide bonds. The van der Waals surface area contributed by atoms with Gasteiger partial charge in [0.1, 0.15) is 0 Å². The molecule has 2 aliphatic rings. The van der Waals surface area contributed by atoms with E-state index in [1.807, 2.05) is 25.4 Å². The van der Waals surface area contributed by atoms with Crippen LogP contribution in [-0.4, -0.2) is 50.3 Å². The summed E-state index contributed by atoms with van der Waals surface area (Å²) in [5.41, 5.74) is 3.32. The van der Waals surface area contributed by atoms with Gasteiger partial charge in [-0.1, -0.05) is 13.0 Å². The van der Waals surface area contributed by atoms with Crippen molar-refractivity contribution in [1.29, 1.82) is 0 Å². The SMILES string of the molecule is CCC(=O)N1CCc2[nH]cnc2C12CCN(Cc1cccnc1)CC2. The molecule has 4 heterocycles. The number of aromatic nitrogens is 3. The summed E-state index contributed by atoms with van der Waals surface area (Å²) in [6.45, 7) is 5.60. The number of nitrogens with one attached hydrogen (secondary N) is 1. The first kappa shape index (κ1) is 16.3. The summed E-state index contributed by atoms with van der Waals surface area (Å²) in [5, 5.41) is 0. The van der Waals surface area contributed by atoms with E-state index in [1.54, 1.807) is 6.33 Å². The number of carbonyl (C=O) groups excluding carboxylic acids is 1. The molecule has 1 fully saturated rings. The normalized spacial score (nSPS) is 19.8. The Hall–Kier alpha value is -2.21. The van der Waals surface area contributed by atoms with Crippen molar-refractivity contribution in [3.63, 3.8) is 0 Å². The van der Waals surface area contributed by atoms with Gasteiger partial charge in [0.15, 0.2) is 0 Å². The highest BCUT2D eigenvalue weighted by Gasteiger charge is 2.48. The van der Waals surface area contributed by atoms with Crippen LogP contribution in [0.15, 0.2) is 30.9 Å². The van der Waals surface area contributed by atoms with Crippen molar-refractivity contribution in [3.05, 3.63) is 47.8 Å². The van der Waals surface area contributed by atoms with Gasteiger partial charge in [0.2, 0.25) is 5.91 Å². The smallest absolute Gasteiger partial charge is 0.223 e. The van der Waals surface area contributed by atoms with Crippen LogP contribution in [0.5, 0.6) is 0 Å².